The van der Waals surface area contributed by atoms with Gasteiger partial charge in [0.25, 0.3) is 5.91 Å². The van der Waals surface area contributed by atoms with Gasteiger partial charge in [0.15, 0.2) is 6.10 Å². The van der Waals surface area contributed by atoms with Crippen molar-refractivity contribution in [2.24, 2.45) is 0 Å². The lowest BCUT2D eigenvalue weighted by Crippen LogP contribution is -2.34. The number of H-pyrrole nitrogens is 1. The van der Waals surface area contributed by atoms with Crippen LogP contribution < -0.4 is 15.4 Å². The lowest BCUT2D eigenvalue weighted by atomic mass is 10.0. The molecule has 32 heavy (non-hydrogen) atoms. The molecule has 0 saturated carbocycles. The lowest BCUT2D eigenvalue weighted by Gasteiger charge is -2.23. The predicted molar refractivity (Wildman–Crippen MR) is 128 cm³/mol. The minimum atomic E-state index is -0.528. The van der Waals surface area contributed by atoms with Crippen LogP contribution in [0.25, 0.3) is 21.5 Å². The van der Waals surface area contributed by atoms with E-state index < -0.39 is 6.10 Å². The van der Waals surface area contributed by atoms with Crippen LogP contribution in [0.1, 0.15) is 24.5 Å². The summed E-state index contributed by atoms with van der Waals surface area (Å²) in [6.45, 7) is 3.78. The number of aromatic nitrogens is 1. The van der Waals surface area contributed by atoms with E-state index in [0.717, 1.165) is 27.0 Å². The molecule has 2 amide bonds. The molecule has 0 saturated heterocycles. The molecule has 0 aliphatic carbocycles. The summed E-state index contributed by atoms with van der Waals surface area (Å²) >= 11 is 1.68. The molecule has 1 aliphatic heterocycles. The Morgan fingerprint density at radius 1 is 1.19 bits per heavy atom. The van der Waals surface area contributed by atoms with Crippen molar-refractivity contribution in [1.29, 1.82) is 0 Å². The smallest absolute Gasteiger partial charge is 0.265 e. The summed E-state index contributed by atoms with van der Waals surface area (Å²) in [6.07, 6.45) is 0.432. The molecule has 0 fully saturated rings. The number of aryl methyl sites for hydroxylation is 2. The van der Waals surface area contributed by atoms with Crippen LogP contribution in [0.2, 0.25) is 0 Å². The van der Waals surface area contributed by atoms with Crippen molar-refractivity contribution in [3.05, 3.63) is 65.0 Å². The average molecular weight is 446 g/mol. The van der Waals surface area contributed by atoms with Gasteiger partial charge in [0.2, 0.25) is 5.91 Å². The fraction of sp³-hybridized carbons (Fsp3) is 0.200. The number of carbonyl (C=O) groups is 2. The van der Waals surface area contributed by atoms with Gasteiger partial charge in [0.1, 0.15) is 5.75 Å². The third kappa shape index (κ3) is 3.87. The highest BCUT2D eigenvalue weighted by Crippen LogP contribution is 2.35. The maximum atomic E-state index is 12.8. The second-order valence-corrected chi connectivity index (χ2v) is 8.96. The van der Waals surface area contributed by atoms with Gasteiger partial charge >= 0.3 is 0 Å². The molecule has 3 N–H and O–H groups in total. The molecule has 0 radical (unpaired) electrons. The molecule has 2 aromatic heterocycles. The van der Waals surface area contributed by atoms with Crippen LogP contribution in [0.5, 0.6) is 5.75 Å². The van der Waals surface area contributed by atoms with Crippen LogP contribution >= 0.6 is 11.3 Å². The molecule has 3 heterocycles. The van der Waals surface area contributed by atoms with Gasteiger partial charge < -0.3 is 20.4 Å². The number of amides is 2. The van der Waals surface area contributed by atoms with Crippen molar-refractivity contribution < 1.29 is 14.3 Å². The Balaban J connectivity index is 1.35. The quantitative estimate of drug-likeness (QED) is 0.380. The summed E-state index contributed by atoms with van der Waals surface area (Å²) in [5.41, 5.74) is 5.69. The number of thiophene rings is 1. The number of carbonyl (C=O) groups excluding carboxylic acids is 2. The molecule has 6 nitrogen and oxygen atoms in total. The van der Waals surface area contributed by atoms with Gasteiger partial charge in [-0.3, -0.25) is 9.59 Å². The standard InChI is InChI=1S/C25H23N3O3S/c1-14-5-8-19-18(12-14)17(24(27-19)22-4-3-11-32-22)7-10-23(29)26-16-6-9-21-20(13-16)28-25(30)15(2)31-21/h3-6,8-9,11-13,15,27H,7,10H2,1-2H3,(H,26,29)(H,28,30). The topological polar surface area (TPSA) is 83.2 Å². The van der Waals surface area contributed by atoms with Crippen molar-refractivity contribution in [2.45, 2.75) is 32.8 Å². The Hall–Kier alpha value is -3.58. The first-order chi connectivity index (χ1) is 15.5. The van der Waals surface area contributed by atoms with Crippen LogP contribution in [0, 0.1) is 6.92 Å². The zero-order valence-corrected chi connectivity index (χ0v) is 18.6. The second-order valence-electron chi connectivity index (χ2n) is 8.01. The van der Waals surface area contributed by atoms with Crippen molar-refractivity contribution in [3.63, 3.8) is 0 Å². The van der Waals surface area contributed by atoms with E-state index >= 15 is 0 Å². The lowest BCUT2D eigenvalue weighted by molar-refractivity contribution is -0.122. The van der Waals surface area contributed by atoms with E-state index in [4.69, 9.17) is 4.74 Å². The Labute approximate surface area is 189 Å². The first-order valence-electron chi connectivity index (χ1n) is 10.5. The molecule has 4 aromatic rings. The highest BCUT2D eigenvalue weighted by Gasteiger charge is 2.23. The Kier molecular flexibility index (Phi) is 5.19. The fourth-order valence-corrected chi connectivity index (χ4v) is 4.75. The van der Waals surface area contributed by atoms with E-state index in [1.54, 1.807) is 36.5 Å². The summed E-state index contributed by atoms with van der Waals surface area (Å²) in [4.78, 5) is 29.3. The molecule has 5 rings (SSSR count). The van der Waals surface area contributed by atoms with Crippen molar-refractivity contribution in [1.82, 2.24) is 4.98 Å². The SMILES string of the molecule is Cc1ccc2[nH]c(-c3cccs3)c(CCC(=O)Nc3ccc4c(c3)NC(=O)C(C)O4)c2c1. The molecule has 1 aliphatic rings. The summed E-state index contributed by atoms with van der Waals surface area (Å²) in [7, 11) is 0. The normalized spacial score (nSPS) is 15.2. The Morgan fingerprint density at radius 2 is 2.06 bits per heavy atom. The Bertz CT molecular complexity index is 1320. The maximum Gasteiger partial charge on any atom is 0.265 e. The summed E-state index contributed by atoms with van der Waals surface area (Å²) in [5.74, 6) is 0.321. The van der Waals surface area contributed by atoms with Gasteiger partial charge in [0.05, 0.1) is 16.3 Å². The van der Waals surface area contributed by atoms with Crippen LogP contribution in [0.4, 0.5) is 11.4 Å². The zero-order valence-electron chi connectivity index (χ0n) is 17.8. The van der Waals surface area contributed by atoms with Gasteiger partial charge in [0, 0.05) is 23.0 Å². The van der Waals surface area contributed by atoms with Crippen molar-refractivity contribution in [2.75, 3.05) is 10.6 Å². The number of ether oxygens (including phenoxy) is 1. The van der Waals surface area contributed by atoms with E-state index in [1.165, 1.54) is 5.56 Å². The first-order valence-corrected chi connectivity index (χ1v) is 11.4. The minimum absolute atomic E-state index is 0.0829. The van der Waals surface area contributed by atoms with E-state index in [0.29, 0.717) is 30.0 Å². The molecular formula is C25H23N3O3S. The Morgan fingerprint density at radius 3 is 2.88 bits per heavy atom. The maximum absolute atomic E-state index is 12.8. The zero-order chi connectivity index (χ0) is 22.2. The molecule has 162 valence electrons. The summed E-state index contributed by atoms with van der Waals surface area (Å²) in [5, 5.41) is 8.96. The van der Waals surface area contributed by atoms with E-state index in [1.807, 2.05) is 6.07 Å². The van der Waals surface area contributed by atoms with Crippen molar-refractivity contribution >= 4 is 45.4 Å². The number of aromatic amines is 1. The van der Waals surface area contributed by atoms with E-state index in [9.17, 15) is 9.59 Å². The number of anilines is 2. The third-order valence-corrected chi connectivity index (χ3v) is 6.51. The second kappa shape index (κ2) is 8.16. The fourth-order valence-electron chi connectivity index (χ4n) is 4.00. The number of rotatable bonds is 5. The largest absolute Gasteiger partial charge is 0.479 e. The van der Waals surface area contributed by atoms with Gasteiger partial charge in [-0.1, -0.05) is 17.7 Å². The van der Waals surface area contributed by atoms with Crippen LogP contribution in [-0.2, 0) is 16.0 Å². The predicted octanol–water partition coefficient (Wildman–Crippen LogP) is 5.50. The highest BCUT2D eigenvalue weighted by molar-refractivity contribution is 7.13. The molecular weight excluding hydrogens is 422 g/mol. The molecule has 2 aromatic carbocycles. The van der Waals surface area contributed by atoms with Gasteiger partial charge in [-0.25, -0.2) is 0 Å². The number of fused-ring (bicyclic) bond motifs is 2. The van der Waals surface area contributed by atoms with Crippen LogP contribution in [0.15, 0.2) is 53.9 Å². The van der Waals surface area contributed by atoms with E-state index in [2.05, 4.69) is 52.2 Å². The number of hydrogen-bond donors (Lipinski definition) is 3. The van der Waals surface area contributed by atoms with Gasteiger partial charge in [-0.2, -0.15) is 0 Å². The van der Waals surface area contributed by atoms with Gasteiger partial charge in [-0.05, 0) is 67.6 Å². The summed E-state index contributed by atoms with van der Waals surface area (Å²) in [6, 6.07) is 15.8. The third-order valence-electron chi connectivity index (χ3n) is 5.63. The first kappa shape index (κ1) is 20.3. The van der Waals surface area contributed by atoms with Crippen molar-refractivity contribution in [3.8, 4) is 16.3 Å². The number of hydrogen-bond acceptors (Lipinski definition) is 4. The number of nitrogens with one attached hydrogen (secondary N) is 3. The highest BCUT2D eigenvalue weighted by atomic mass is 32.1. The molecule has 0 bridgehead atoms. The average Bonchev–Trinajstić information content (AvgIpc) is 3.41. The minimum Gasteiger partial charge on any atom is -0.479 e. The van der Waals surface area contributed by atoms with E-state index in [-0.39, 0.29) is 11.8 Å². The molecule has 1 unspecified atom stereocenters. The van der Waals surface area contributed by atoms with Crippen LogP contribution in [-0.4, -0.2) is 22.9 Å². The summed E-state index contributed by atoms with van der Waals surface area (Å²) < 4.78 is 5.57. The van der Waals surface area contributed by atoms with Crippen LogP contribution in [0.3, 0.4) is 0 Å². The molecule has 1 atom stereocenters. The molecule has 7 heteroatoms. The monoisotopic (exact) mass is 445 g/mol. The number of benzene rings is 2. The van der Waals surface area contributed by atoms with Gasteiger partial charge in [-0.15, -0.1) is 11.3 Å². The molecule has 0 spiro atoms.